The van der Waals surface area contributed by atoms with Crippen LogP contribution in [-0.2, 0) is 36.8 Å². The summed E-state index contributed by atoms with van der Waals surface area (Å²) in [7, 11) is 1.73. The average Bonchev–Trinajstić information content (AvgIpc) is 3.17. The van der Waals surface area contributed by atoms with Crippen molar-refractivity contribution in [2.45, 2.75) is 64.0 Å². The summed E-state index contributed by atoms with van der Waals surface area (Å²) < 4.78 is 4.78. The van der Waals surface area contributed by atoms with E-state index < -0.39 is 29.8 Å². The number of hydrogen-bond acceptors (Lipinski definition) is 7. The van der Waals surface area contributed by atoms with E-state index in [9.17, 15) is 24.3 Å². The third-order valence-corrected chi connectivity index (χ3v) is 8.28. The van der Waals surface area contributed by atoms with Gasteiger partial charge in [-0.05, 0) is 60.4 Å². The second kappa shape index (κ2) is 23.6. The highest BCUT2D eigenvalue weighted by atomic mass is 16.5. The van der Waals surface area contributed by atoms with Crippen LogP contribution in [0.3, 0.4) is 0 Å². The Morgan fingerprint density at radius 2 is 1.48 bits per heavy atom. The number of phenols is 1. The fourth-order valence-electron chi connectivity index (χ4n) is 5.40. The first-order chi connectivity index (χ1) is 26.1. The van der Waals surface area contributed by atoms with Crippen LogP contribution in [0.15, 0.2) is 102 Å². The molecular formula is C41H53N7O6. The number of anilines is 1. The Bertz CT molecular complexity index is 1790. The fraction of sp³-hybridized carbons (Fsp3) is 0.341. The van der Waals surface area contributed by atoms with E-state index in [2.05, 4.69) is 33.2 Å². The van der Waals surface area contributed by atoms with E-state index in [4.69, 9.17) is 16.2 Å². The first-order valence-corrected chi connectivity index (χ1v) is 18.1. The van der Waals surface area contributed by atoms with Gasteiger partial charge >= 0.3 is 0 Å². The number of hydrogen-bond donors (Lipinski definition) is 7. The number of phenolic OH excluding ortho intramolecular Hbond substituents is 1. The van der Waals surface area contributed by atoms with Gasteiger partial charge < -0.3 is 42.6 Å². The van der Waals surface area contributed by atoms with Gasteiger partial charge in [0.15, 0.2) is 5.96 Å². The minimum absolute atomic E-state index is 0.0944. The summed E-state index contributed by atoms with van der Waals surface area (Å²) in [5.74, 6) is -1.88. The number of rotatable bonds is 19. The lowest BCUT2D eigenvalue weighted by Crippen LogP contribution is -2.55. The first kappa shape index (κ1) is 42.5. The number of ether oxygens (including phenoxy) is 1. The van der Waals surface area contributed by atoms with Crippen molar-refractivity contribution in [3.63, 3.8) is 0 Å². The summed E-state index contributed by atoms with van der Waals surface area (Å²) in [4.78, 5) is 56.8. The number of nitrogens with one attached hydrogen (secondary N) is 4. The molecule has 0 aliphatic heterocycles. The largest absolute Gasteiger partial charge is 0.508 e. The number of nitrogens with zero attached hydrogens (tertiary/aromatic N) is 1. The number of fused-ring (bicyclic) bond motifs is 1. The summed E-state index contributed by atoms with van der Waals surface area (Å²) in [6.07, 6.45) is 3.66. The van der Waals surface area contributed by atoms with Crippen LogP contribution >= 0.6 is 0 Å². The Balaban J connectivity index is 0.00000120. The molecule has 4 aromatic rings. The average molecular weight is 740 g/mol. The SMILES string of the molecule is CCCCOC.NC(N)=NCCCC(NC(=O)[C@@H](Cc1ccccc1)NC(=O)CCc1ccc(O)cc1)C(=O)NCC(=O)Nc1cccc2ccccc12. The van der Waals surface area contributed by atoms with E-state index in [1.54, 1.807) is 37.4 Å². The molecule has 0 spiro atoms. The number of carbonyl (C=O) groups is 4. The quantitative estimate of drug-likeness (QED) is 0.0425. The van der Waals surface area contributed by atoms with E-state index in [1.165, 1.54) is 12.8 Å². The number of carbonyl (C=O) groups excluding carboxylic acids is 4. The van der Waals surface area contributed by atoms with Gasteiger partial charge in [-0.3, -0.25) is 24.2 Å². The number of nitrogens with two attached hydrogens (primary N) is 2. The zero-order chi connectivity index (χ0) is 39.1. The molecule has 9 N–H and O–H groups in total. The summed E-state index contributed by atoms with van der Waals surface area (Å²) in [5, 5.41) is 22.4. The summed E-state index contributed by atoms with van der Waals surface area (Å²) in [6, 6.07) is 26.9. The number of benzene rings is 4. The molecule has 0 aliphatic rings. The van der Waals surface area contributed by atoms with Crippen LogP contribution in [0.1, 0.15) is 50.2 Å². The van der Waals surface area contributed by atoms with Crippen molar-refractivity contribution in [2.75, 3.05) is 32.1 Å². The predicted molar refractivity (Wildman–Crippen MR) is 213 cm³/mol. The van der Waals surface area contributed by atoms with Gasteiger partial charge in [-0.1, -0.05) is 92.2 Å². The van der Waals surface area contributed by atoms with E-state index >= 15 is 0 Å². The van der Waals surface area contributed by atoms with Gasteiger partial charge in [-0.25, -0.2) is 0 Å². The lowest BCUT2D eigenvalue weighted by molar-refractivity contribution is -0.132. The van der Waals surface area contributed by atoms with Gasteiger partial charge in [0.05, 0.1) is 6.54 Å². The van der Waals surface area contributed by atoms with Gasteiger partial charge in [0.25, 0.3) is 0 Å². The van der Waals surface area contributed by atoms with Gasteiger partial charge in [0, 0.05) is 44.2 Å². The van der Waals surface area contributed by atoms with Crippen LogP contribution in [0.5, 0.6) is 5.75 Å². The van der Waals surface area contributed by atoms with Crippen molar-refractivity contribution in [1.82, 2.24) is 16.0 Å². The molecule has 0 saturated carbocycles. The van der Waals surface area contributed by atoms with Gasteiger partial charge in [-0.15, -0.1) is 0 Å². The molecule has 0 bridgehead atoms. The van der Waals surface area contributed by atoms with Crippen LogP contribution in [0.4, 0.5) is 5.69 Å². The van der Waals surface area contributed by atoms with Gasteiger partial charge in [0.1, 0.15) is 17.8 Å². The predicted octanol–water partition coefficient (Wildman–Crippen LogP) is 3.93. The normalized spacial score (nSPS) is 11.6. The fourth-order valence-corrected chi connectivity index (χ4v) is 5.40. The van der Waals surface area contributed by atoms with E-state index in [0.717, 1.165) is 28.5 Å². The van der Waals surface area contributed by atoms with Crippen LogP contribution in [-0.4, -0.2) is 73.6 Å². The molecule has 0 saturated heterocycles. The lowest BCUT2D eigenvalue weighted by atomic mass is 10.0. The van der Waals surface area contributed by atoms with Crippen LogP contribution in [0, 0.1) is 0 Å². The highest BCUT2D eigenvalue weighted by Crippen LogP contribution is 2.22. The summed E-state index contributed by atoms with van der Waals surface area (Å²) >= 11 is 0. The molecule has 2 atom stereocenters. The number of methoxy groups -OCH3 is 1. The Hall–Kier alpha value is -5.95. The monoisotopic (exact) mass is 739 g/mol. The Kier molecular flexibility index (Phi) is 18.5. The molecule has 4 amide bonds. The number of unbranched alkanes of at least 4 members (excludes halogenated alkanes) is 1. The number of amides is 4. The van der Waals surface area contributed by atoms with Crippen molar-refractivity contribution in [3.05, 3.63) is 108 Å². The molecule has 288 valence electrons. The van der Waals surface area contributed by atoms with Gasteiger partial charge in [-0.2, -0.15) is 0 Å². The molecule has 1 unspecified atom stereocenters. The number of aryl methyl sites for hydroxylation is 1. The second-order valence-corrected chi connectivity index (χ2v) is 12.6. The van der Waals surface area contributed by atoms with Crippen molar-refractivity contribution < 1.29 is 29.0 Å². The number of aliphatic imine (C=N–C) groups is 1. The molecule has 0 aromatic heterocycles. The zero-order valence-electron chi connectivity index (χ0n) is 31.1. The van der Waals surface area contributed by atoms with Crippen LogP contribution < -0.4 is 32.7 Å². The van der Waals surface area contributed by atoms with Crippen molar-refractivity contribution in [3.8, 4) is 5.75 Å². The third kappa shape index (κ3) is 15.7. The molecule has 13 heteroatoms. The highest BCUT2D eigenvalue weighted by molar-refractivity contribution is 6.03. The molecular weight excluding hydrogens is 686 g/mol. The third-order valence-electron chi connectivity index (χ3n) is 8.28. The molecule has 13 nitrogen and oxygen atoms in total. The number of aromatic hydroxyl groups is 1. The highest BCUT2D eigenvalue weighted by Gasteiger charge is 2.27. The minimum atomic E-state index is -1.04. The topological polar surface area (TPSA) is 210 Å². The smallest absolute Gasteiger partial charge is 0.243 e. The molecule has 4 aromatic carbocycles. The molecule has 0 heterocycles. The van der Waals surface area contributed by atoms with E-state index in [1.807, 2.05) is 66.7 Å². The lowest BCUT2D eigenvalue weighted by Gasteiger charge is -2.23. The van der Waals surface area contributed by atoms with Crippen LogP contribution in [0.2, 0.25) is 0 Å². The molecule has 0 aliphatic carbocycles. The maximum Gasteiger partial charge on any atom is 0.243 e. The Morgan fingerprint density at radius 3 is 2.17 bits per heavy atom. The van der Waals surface area contributed by atoms with Crippen molar-refractivity contribution >= 4 is 46.0 Å². The first-order valence-electron chi connectivity index (χ1n) is 18.1. The number of guanidine groups is 1. The van der Waals surface area contributed by atoms with Gasteiger partial charge in [0.2, 0.25) is 23.6 Å². The van der Waals surface area contributed by atoms with Crippen LogP contribution in [0.25, 0.3) is 10.8 Å². The maximum absolute atomic E-state index is 13.7. The second-order valence-electron chi connectivity index (χ2n) is 12.6. The summed E-state index contributed by atoms with van der Waals surface area (Å²) in [5.41, 5.74) is 13.2. The maximum atomic E-state index is 13.7. The molecule has 0 radical (unpaired) electrons. The minimum Gasteiger partial charge on any atom is -0.508 e. The molecule has 0 fully saturated rings. The summed E-state index contributed by atoms with van der Waals surface area (Å²) in [6.45, 7) is 2.96. The van der Waals surface area contributed by atoms with E-state index in [0.29, 0.717) is 18.5 Å². The van der Waals surface area contributed by atoms with Crippen molar-refractivity contribution in [2.24, 2.45) is 16.5 Å². The molecule has 54 heavy (non-hydrogen) atoms. The van der Waals surface area contributed by atoms with E-state index in [-0.39, 0.29) is 50.0 Å². The zero-order valence-corrected chi connectivity index (χ0v) is 31.1. The molecule has 4 rings (SSSR count). The Labute approximate surface area is 316 Å². The Morgan fingerprint density at radius 1 is 0.778 bits per heavy atom. The standard InChI is InChI=1S/C36H41N7O5.C5H12O/c37-36(38)39-21-7-14-30(34(47)40-23-33(46)41-29-13-6-11-26-10-4-5-12-28(26)29)43-35(48)31(22-25-8-2-1-3-9-25)42-32(45)20-17-24-15-18-27(44)19-16-24;1-3-4-5-6-2/h1-6,8-13,15-16,18-19,30-31,44H,7,14,17,20-23H2,(H,40,47)(H,41,46)(H,42,45)(H,43,48)(H4,37,38,39);3-5H2,1-2H3/t30?,31-;/m1./s1. The van der Waals surface area contributed by atoms with Crippen molar-refractivity contribution in [1.29, 1.82) is 0 Å².